The standard InChI is InChI=1S/C14H15Cl2NO3/c1-2-3-12(14(19)20)17-13(18)7-4-9-8-10(15)5-6-11(9)16/h4-8,12H,2-3H2,1H3,(H,17,18)(H,19,20)/b7-4+. The average Bonchev–Trinajstić information content (AvgIpc) is 2.39. The molecule has 1 unspecified atom stereocenters. The maximum Gasteiger partial charge on any atom is 0.326 e. The number of nitrogens with one attached hydrogen (secondary N) is 1. The van der Waals surface area contributed by atoms with Gasteiger partial charge >= 0.3 is 5.97 Å². The van der Waals surface area contributed by atoms with Crippen LogP contribution < -0.4 is 5.32 Å². The number of carboxylic acid groups (broad SMARTS) is 1. The molecule has 20 heavy (non-hydrogen) atoms. The molecule has 1 aromatic rings. The van der Waals surface area contributed by atoms with Crippen LogP contribution in [0.5, 0.6) is 0 Å². The number of rotatable bonds is 6. The highest BCUT2D eigenvalue weighted by atomic mass is 35.5. The van der Waals surface area contributed by atoms with Crippen LogP contribution in [0.2, 0.25) is 10.0 Å². The monoisotopic (exact) mass is 315 g/mol. The molecule has 108 valence electrons. The summed E-state index contributed by atoms with van der Waals surface area (Å²) in [6, 6.07) is 4.00. The normalized spacial score (nSPS) is 12.3. The van der Waals surface area contributed by atoms with Crippen molar-refractivity contribution in [3.05, 3.63) is 39.9 Å². The lowest BCUT2D eigenvalue weighted by molar-refractivity contribution is -0.141. The maximum atomic E-state index is 11.7. The number of carboxylic acids is 1. The van der Waals surface area contributed by atoms with Crippen molar-refractivity contribution in [1.29, 1.82) is 0 Å². The number of carbonyl (C=O) groups excluding carboxylic acids is 1. The summed E-state index contributed by atoms with van der Waals surface area (Å²) in [6.45, 7) is 1.85. The van der Waals surface area contributed by atoms with Crippen molar-refractivity contribution in [3.8, 4) is 0 Å². The van der Waals surface area contributed by atoms with Crippen molar-refractivity contribution >= 4 is 41.2 Å². The molecule has 1 atom stereocenters. The summed E-state index contributed by atoms with van der Waals surface area (Å²) in [6.07, 6.45) is 3.78. The molecule has 2 N–H and O–H groups in total. The molecule has 0 bridgehead atoms. The maximum absolute atomic E-state index is 11.7. The Morgan fingerprint density at radius 2 is 2.10 bits per heavy atom. The van der Waals surface area contributed by atoms with Crippen LogP contribution in [0.25, 0.3) is 6.08 Å². The van der Waals surface area contributed by atoms with Gasteiger partial charge < -0.3 is 10.4 Å². The fourth-order valence-electron chi connectivity index (χ4n) is 1.57. The lowest BCUT2D eigenvalue weighted by Gasteiger charge is -2.11. The molecule has 1 amide bonds. The van der Waals surface area contributed by atoms with Gasteiger partial charge in [-0.15, -0.1) is 0 Å². The molecule has 0 spiro atoms. The van der Waals surface area contributed by atoms with Crippen LogP contribution in [0.1, 0.15) is 25.3 Å². The summed E-state index contributed by atoms with van der Waals surface area (Å²) >= 11 is 11.8. The highest BCUT2D eigenvalue weighted by molar-refractivity contribution is 6.34. The van der Waals surface area contributed by atoms with Crippen LogP contribution in [-0.4, -0.2) is 23.0 Å². The number of aliphatic carboxylic acids is 1. The molecule has 1 aromatic carbocycles. The minimum atomic E-state index is -1.05. The van der Waals surface area contributed by atoms with Crippen LogP contribution in [0.4, 0.5) is 0 Å². The van der Waals surface area contributed by atoms with Crippen molar-refractivity contribution in [3.63, 3.8) is 0 Å². The van der Waals surface area contributed by atoms with Crippen molar-refractivity contribution < 1.29 is 14.7 Å². The van der Waals surface area contributed by atoms with E-state index in [2.05, 4.69) is 5.32 Å². The Balaban J connectivity index is 2.72. The smallest absolute Gasteiger partial charge is 0.326 e. The summed E-state index contributed by atoms with van der Waals surface area (Å²) < 4.78 is 0. The first kappa shape index (κ1) is 16.5. The summed E-state index contributed by atoms with van der Waals surface area (Å²) in [7, 11) is 0. The summed E-state index contributed by atoms with van der Waals surface area (Å²) in [5, 5.41) is 12.3. The second kappa shape index (κ2) is 7.92. The first-order valence-corrected chi connectivity index (χ1v) is 6.86. The van der Waals surface area contributed by atoms with Gasteiger partial charge in [-0.3, -0.25) is 4.79 Å². The van der Waals surface area contributed by atoms with E-state index in [1.807, 2.05) is 6.92 Å². The van der Waals surface area contributed by atoms with Gasteiger partial charge in [0.15, 0.2) is 0 Å². The van der Waals surface area contributed by atoms with Crippen LogP contribution in [0.15, 0.2) is 24.3 Å². The third kappa shape index (κ3) is 5.23. The number of benzene rings is 1. The Morgan fingerprint density at radius 1 is 1.40 bits per heavy atom. The Hall–Kier alpha value is -1.52. The van der Waals surface area contributed by atoms with Crippen molar-refractivity contribution in [1.82, 2.24) is 5.32 Å². The van der Waals surface area contributed by atoms with Gasteiger partial charge in [0.1, 0.15) is 6.04 Å². The Morgan fingerprint density at radius 3 is 2.70 bits per heavy atom. The zero-order valence-corrected chi connectivity index (χ0v) is 12.4. The fraction of sp³-hybridized carbons (Fsp3) is 0.286. The lowest BCUT2D eigenvalue weighted by Crippen LogP contribution is -2.39. The lowest BCUT2D eigenvalue weighted by atomic mass is 10.1. The second-order valence-corrected chi connectivity index (χ2v) is 5.03. The largest absolute Gasteiger partial charge is 0.480 e. The third-order valence-electron chi connectivity index (χ3n) is 2.56. The average molecular weight is 316 g/mol. The topological polar surface area (TPSA) is 66.4 Å². The first-order chi connectivity index (χ1) is 9.43. The molecule has 0 aliphatic carbocycles. The molecule has 0 saturated carbocycles. The zero-order chi connectivity index (χ0) is 15.1. The van der Waals surface area contributed by atoms with E-state index in [0.29, 0.717) is 28.5 Å². The van der Waals surface area contributed by atoms with Gasteiger partial charge in [-0.2, -0.15) is 0 Å². The highest BCUT2D eigenvalue weighted by Crippen LogP contribution is 2.21. The molecule has 0 heterocycles. The number of halogens is 2. The molecule has 6 heteroatoms. The molecule has 0 saturated heterocycles. The predicted molar refractivity (Wildman–Crippen MR) is 80.0 cm³/mol. The van der Waals surface area contributed by atoms with Crippen LogP contribution in [0.3, 0.4) is 0 Å². The molecule has 0 fully saturated rings. The molecule has 1 rings (SSSR count). The Kier molecular flexibility index (Phi) is 6.55. The molecule has 0 radical (unpaired) electrons. The van der Waals surface area contributed by atoms with E-state index in [1.165, 1.54) is 12.2 Å². The van der Waals surface area contributed by atoms with Crippen LogP contribution in [-0.2, 0) is 9.59 Å². The summed E-state index contributed by atoms with van der Waals surface area (Å²) in [5.74, 6) is -1.53. The summed E-state index contributed by atoms with van der Waals surface area (Å²) in [5.41, 5.74) is 0.594. The Bertz CT molecular complexity index is 529. The number of amides is 1. The van der Waals surface area contributed by atoms with Gasteiger partial charge in [0.25, 0.3) is 0 Å². The van der Waals surface area contributed by atoms with Crippen molar-refractivity contribution in [2.45, 2.75) is 25.8 Å². The molecular weight excluding hydrogens is 301 g/mol. The van der Waals surface area contributed by atoms with E-state index in [4.69, 9.17) is 28.3 Å². The van der Waals surface area contributed by atoms with Gasteiger partial charge in [0.05, 0.1) is 0 Å². The van der Waals surface area contributed by atoms with E-state index < -0.39 is 17.9 Å². The van der Waals surface area contributed by atoms with Gasteiger partial charge in [0, 0.05) is 16.1 Å². The SMILES string of the molecule is CCCC(NC(=O)/C=C/c1cc(Cl)ccc1Cl)C(=O)O. The molecule has 0 aliphatic rings. The number of hydrogen-bond acceptors (Lipinski definition) is 2. The first-order valence-electron chi connectivity index (χ1n) is 6.10. The fourth-order valence-corrected chi connectivity index (χ4v) is 1.93. The van der Waals surface area contributed by atoms with E-state index in [0.717, 1.165) is 0 Å². The highest BCUT2D eigenvalue weighted by Gasteiger charge is 2.17. The van der Waals surface area contributed by atoms with E-state index >= 15 is 0 Å². The summed E-state index contributed by atoms with van der Waals surface area (Å²) in [4.78, 5) is 22.6. The Labute approximate surface area is 127 Å². The quantitative estimate of drug-likeness (QED) is 0.791. The second-order valence-electron chi connectivity index (χ2n) is 4.19. The number of hydrogen-bond donors (Lipinski definition) is 2. The third-order valence-corrected chi connectivity index (χ3v) is 3.14. The minimum Gasteiger partial charge on any atom is -0.480 e. The zero-order valence-electron chi connectivity index (χ0n) is 10.9. The van der Waals surface area contributed by atoms with Crippen molar-refractivity contribution in [2.75, 3.05) is 0 Å². The van der Waals surface area contributed by atoms with Crippen LogP contribution in [0, 0.1) is 0 Å². The molecule has 0 aromatic heterocycles. The van der Waals surface area contributed by atoms with E-state index in [1.54, 1.807) is 18.2 Å². The molecule has 0 aliphatic heterocycles. The van der Waals surface area contributed by atoms with Crippen LogP contribution >= 0.6 is 23.2 Å². The molecule has 4 nitrogen and oxygen atoms in total. The van der Waals surface area contributed by atoms with Gasteiger partial charge in [0.2, 0.25) is 5.91 Å². The van der Waals surface area contributed by atoms with Gasteiger partial charge in [-0.1, -0.05) is 36.5 Å². The minimum absolute atomic E-state index is 0.382. The van der Waals surface area contributed by atoms with E-state index in [9.17, 15) is 9.59 Å². The van der Waals surface area contributed by atoms with Gasteiger partial charge in [-0.05, 0) is 36.3 Å². The molecular formula is C14H15Cl2NO3. The van der Waals surface area contributed by atoms with Gasteiger partial charge in [-0.25, -0.2) is 4.79 Å². The van der Waals surface area contributed by atoms with Crippen molar-refractivity contribution in [2.24, 2.45) is 0 Å². The predicted octanol–water partition coefficient (Wildman–Crippen LogP) is 3.38. The number of carbonyl (C=O) groups is 2. The van der Waals surface area contributed by atoms with E-state index in [-0.39, 0.29) is 0 Å².